The van der Waals surface area contributed by atoms with Crippen LogP contribution in [-0.4, -0.2) is 45.4 Å². The molecule has 1 aliphatic rings. The number of nitrogens with zero attached hydrogens (tertiary/aromatic N) is 2. The van der Waals surface area contributed by atoms with Crippen LogP contribution in [0, 0.1) is 0 Å². The summed E-state index contributed by atoms with van der Waals surface area (Å²) >= 11 is 0. The summed E-state index contributed by atoms with van der Waals surface area (Å²) in [5.41, 5.74) is 1.03. The van der Waals surface area contributed by atoms with Crippen molar-refractivity contribution in [3.8, 4) is 0 Å². The number of unbranched alkanes of at least 4 members (excludes halogenated alkanes) is 3. The third-order valence-electron chi connectivity index (χ3n) is 4.63. The average Bonchev–Trinajstić information content (AvgIpc) is 3.20. The lowest BCUT2D eigenvalue weighted by Gasteiger charge is -2.16. The van der Waals surface area contributed by atoms with E-state index in [-0.39, 0.29) is 24.0 Å². The Kier molecular flexibility index (Phi) is 11.2. The molecule has 8 heteroatoms. The smallest absolute Gasteiger partial charge is 0.243 e. The van der Waals surface area contributed by atoms with Gasteiger partial charge in [0.2, 0.25) is 10.0 Å². The molecule has 0 spiro atoms. The van der Waals surface area contributed by atoms with E-state index in [1.807, 2.05) is 12.1 Å². The SMILES string of the molecule is CCCCCCNC(=NC)NCc1ccc(S(=O)(=O)N2CCCC2)cc1.I. The Morgan fingerprint density at radius 1 is 1.07 bits per heavy atom. The van der Waals surface area contributed by atoms with E-state index in [4.69, 9.17) is 0 Å². The van der Waals surface area contributed by atoms with Gasteiger partial charge in [-0.15, -0.1) is 24.0 Å². The number of rotatable bonds is 9. The third kappa shape index (κ3) is 7.57. The van der Waals surface area contributed by atoms with Crippen LogP contribution in [-0.2, 0) is 16.6 Å². The molecule has 0 aromatic heterocycles. The average molecular weight is 508 g/mol. The van der Waals surface area contributed by atoms with Crippen LogP contribution < -0.4 is 10.6 Å². The normalized spacial score (nSPS) is 15.4. The van der Waals surface area contributed by atoms with Gasteiger partial charge in [-0.2, -0.15) is 4.31 Å². The summed E-state index contributed by atoms with van der Waals surface area (Å²) in [6.07, 6.45) is 6.76. The second kappa shape index (κ2) is 12.6. The van der Waals surface area contributed by atoms with E-state index >= 15 is 0 Å². The molecule has 1 fully saturated rings. The van der Waals surface area contributed by atoms with Crippen molar-refractivity contribution in [2.45, 2.75) is 56.9 Å². The summed E-state index contributed by atoms with van der Waals surface area (Å²) in [5.74, 6) is 0.773. The van der Waals surface area contributed by atoms with Gasteiger partial charge in [0.25, 0.3) is 0 Å². The Bertz CT molecular complexity index is 671. The first kappa shape index (κ1) is 24.2. The van der Waals surface area contributed by atoms with Gasteiger partial charge in [0, 0.05) is 33.2 Å². The highest BCUT2D eigenvalue weighted by molar-refractivity contribution is 14.0. The second-order valence-corrected chi connectivity index (χ2v) is 8.61. The van der Waals surface area contributed by atoms with Crippen LogP contribution in [0.3, 0.4) is 0 Å². The third-order valence-corrected chi connectivity index (χ3v) is 6.55. The Morgan fingerprint density at radius 2 is 1.74 bits per heavy atom. The van der Waals surface area contributed by atoms with E-state index < -0.39 is 10.0 Å². The lowest BCUT2D eigenvalue weighted by Crippen LogP contribution is -2.37. The number of hydrogen-bond acceptors (Lipinski definition) is 3. The van der Waals surface area contributed by atoms with Crippen molar-refractivity contribution in [1.82, 2.24) is 14.9 Å². The molecule has 154 valence electrons. The van der Waals surface area contributed by atoms with Crippen molar-refractivity contribution in [3.63, 3.8) is 0 Å². The van der Waals surface area contributed by atoms with Gasteiger partial charge in [0.05, 0.1) is 4.90 Å². The topological polar surface area (TPSA) is 73.8 Å². The molecule has 0 aliphatic carbocycles. The van der Waals surface area contributed by atoms with Gasteiger partial charge in [0.15, 0.2) is 5.96 Å². The van der Waals surface area contributed by atoms with Gasteiger partial charge in [-0.25, -0.2) is 8.42 Å². The number of sulfonamides is 1. The molecule has 0 amide bonds. The number of halogens is 1. The predicted molar refractivity (Wildman–Crippen MR) is 122 cm³/mol. The molecule has 0 atom stereocenters. The Hall–Kier alpha value is -0.870. The van der Waals surface area contributed by atoms with Crippen molar-refractivity contribution in [3.05, 3.63) is 29.8 Å². The maximum atomic E-state index is 12.5. The molecule has 1 aliphatic heterocycles. The van der Waals surface area contributed by atoms with Gasteiger partial charge < -0.3 is 10.6 Å². The highest BCUT2D eigenvalue weighted by Crippen LogP contribution is 2.21. The van der Waals surface area contributed by atoms with E-state index in [9.17, 15) is 8.42 Å². The van der Waals surface area contributed by atoms with Crippen LogP contribution in [0.4, 0.5) is 0 Å². The lowest BCUT2D eigenvalue weighted by molar-refractivity contribution is 0.477. The minimum Gasteiger partial charge on any atom is -0.356 e. The number of guanidine groups is 1. The van der Waals surface area contributed by atoms with Crippen LogP contribution in [0.5, 0.6) is 0 Å². The molecule has 6 nitrogen and oxygen atoms in total. The van der Waals surface area contributed by atoms with E-state index in [0.29, 0.717) is 24.5 Å². The quantitative estimate of drug-likeness (QED) is 0.232. The molecule has 2 rings (SSSR count). The highest BCUT2D eigenvalue weighted by atomic mass is 127. The fourth-order valence-corrected chi connectivity index (χ4v) is 4.54. The standard InChI is InChI=1S/C19H32N4O2S.HI/c1-3-4-5-6-13-21-19(20-2)22-16-17-9-11-18(12-10-17)26(24,25)23-14-7-8-15-23;/h9-12H,3-8,13-16H2,1-2H3,(H2,20,21,22);1H. The summed E-state index contributed by atoms with van der Waals surface area (Å²) in [5, 5.41) is 6.58. The molecule has 0 radical (unpaired) electrons. The molecule has 0 unspecified atom stereocenters. The molecule has 1 aromatic rings. The summed E-state index contributed by atoms with van der Waals surface area (Å²) in [7, 11) is -1.58. The summed E-state index contributed by atoms with van der Waals surface area (Å²) in [6, 6.07) is 7.13. The molecule has 0 saturated carbocycles. The van der Waals surface area contributed by atoms with Crippen LogP contribution >= 0.6 is 24.0 Å². The minimum absolute atomic E-state index is 0. The first-order valence-corrected chi connectivity index (χ1v) is 11.1. The van der Waals surface area contributed by atoms with Gasteiger partial charge in [-0.3, -0.25) is 4.99 Å². The van der Waals surface area contributed by atoms with Gasteiger partial charge in [-0.1, -0.05) is 38.3 Å². The first-order valence-electron chi connectivity index (χ1n) is 9.61. The van der Waals surface area contributed by atoms with Crippen molar-refractivity contribution in [1.29, 1.82) is 0 Å². The van der Waals surface area contributed by atoms with Crippen LogP contribution in [0.15, 0.2) is 34.2 Å². The van der Waals surface area contributed by atoms with Crippen molar-refractivity contribution in [2.75, 3.05) is 26.7 Å². The predicted octanol–water partition coefficient (Wildman–Crippen LogP) is 3.33. The Morgan fingerprint density at radius 3 is 2.33 bits per heavy atom. The first-order chi connectivity index (χ1) is 12.6. The fraction of sp³-hybridized carbons (Fsp3) is 0.632. The highest BCUT2D eigenvalue weighted by Gasteiger charge is 2.26. The van der Waals surface area contributed by atoms with Crippen molar-refractivity contribution in [2.24, 2.45) is 4.99 Å². The van der Waals surface area contributed by atoms with Gasteiger partial charge >= 0.3 is 0 Å². The largest absolute Gasteiger partial charge is 0.356 e. The summed E-state index contributed by atoms with van der Waals surface area (Å²) in [4.78, 5) is 4.60. The maximum absolute atomic E-state index is 12.5. The lowest BCUT2D eigenvalue weighted by atomic mass is 10.2. The van der Waals surface area contributed by atoms with E-state index in [1.165, 1.54) is 19.3 Å². The van der Waals surface area contributed by atoms with Gasteiger partial charge in [-0.05, 0) is 37.0 Å². The summed E-state index contributed by atoms with van der Waals surface area (Å²) in [6.45, 7) is 4.98. The zero-order valence-corrected chi connectivity index (χ0v) is 19.6. The number of aliphatic imine (C=N–C) groups is 1. The Balaban J connectivity index is 0.00000364. The maximum Gasteiger partial charge on any atom is 0.243 e. The van der Waals surface area contributed by atoms with E-state index in [2.05, 4.69) is 22.5 Å². The number of nitrogens with one attached hydrogen (secondary N) is 2. The van der Waals surface area contributed by atoms with Crippen LogP contribution in [0.1, 0.15) is 51.0 Å². The van der Waals surface area contributed by atoms with Gasteiger partial charge in [0.1, 0.15) is 0 Å². The molecule has 2 N–H and O–H groups in total. The molecule has 27 heavy (non-hydrogen) atoms. The van der Waals surface area contributed by atoms with Crippen LogP contribution in [0.25, 0.3) is 0 Å². The minimum atomic E-state index is -3.33. The van der Waals surface area contributed by atoms with E-state index in [1.54, 1.807) is 23.5 Å². The fourth-order valence-electron chi connectivity index (χ4n) is 3.02. The molecule has 1 heterocycles. The van der Waals surface area contributed by atoms with Crippen molar-refractivity contribution < 1.29 is 8.42 Å². The number of hydrogen-bond donors (Lipinski definition) is 2. The molecule has 0 bridgehead atoms. The molecular formula is C19H33IN4O2S. The zero-order valence-electron chi connectivity index (χ0n) is 16.4. The summed E-state index contributed by atoms with van der Waals surface area (Å²) < 4.78 is 26.6. The van der Waals surface area contributed by atoms with E-state index in [0.717, 1.165) is 37.3 Å². The van der Waals surface area contributed by atoms with Crippen molar-refractivity contribution >= 4 is 40.0 Å². The Labute approximate surface area is 181 Å². The molecule has 1 aromatic carbocycles. The molecular weight excluding hydrogens is 475 g/mol. The second-order valence-electron chi connectivity index (χ2n) is 6.67. The van der Waals surface area contributed by atoms with Crippen LogP contribution in [0.2, 0.25) is 0 Å². The monoisotopic (exact) mass is 508 g/mol. The molecule has 1 saturated heterocycles. The number of benzene rings is 1. The zero-order chi connectivity index (χ0) is 18.8.